The van der Waals surface area contributed by atoms with Gasteiger partial charge in [0.2, 0.25) is 0 Å². The van der Waals surface area contributed by atoms with E-state index in [-0.39, 0.29) is 41.7 Å². The molecule has 0 aliphatic carbocycles. The Morgan fingerprint density at radius 3 is 2.36 bits per heavy atom. The van der Waals surface area contributed by atoms with Crippen molar-refractivity contribution < 1.29 is 22.1 Å². The molecule has 0 radical (unpaired) electrons. The third-order valence-corrected chi connectivity index (χ3v) is 1.60. The quantitative estimate of drug-likeness (QED) is 0.296. The average molecular weight is 232 g/mol. The van der Waals surface area contributed by atoms with Crippen LogP contribution in [0.5, 0.6) is 0 Å². The van der Waals surface area contributed by atoms with Gasteiger partial charge in [-0.05, 0) is 13.8 Å². The van der Waals surface area contributed by atoms with Gasteiger partial charge in [-0.15, -0.1) is 0 Å². The van der Waals surface area contributed by atoms with Crippen molar-refractivity contribution in [3.63, 3.8) is 0 Å². The maximum atomic E-state index is 10.8. The van der Waals surface area contributed by atoms with Crippen molar-refractivity contribution in [2.45, 2.75) is 20.0 Å². The van der Waals surface area contributed by atoms with E-state index in [2.05, 4.69) is 15.5 Å². The fourth-order valence-electron chi connectivity index (χ4n) is 0.494. The number of thiol groups is 1. The second-order valence-corrected chi connectivity index (χ2v) is 3.18. The first-order valence-electron chi connectivity index (χ1n) is 3.57. The number of hydrogen-bond acceptors (Lipinski definition) is 5. The van der Waals surface area contributed by atoms with E-state index >= 15 is 0 Å². The first-order valence-corrected chi connectivity index (χ1v) is 4.66. The molecule has 0 bridgehead atoms. The molecular weight excluding hydrogens is 219 g/mol. The van der Waals surface area contributed by atoms with Gasteiger partial charge in [0.25, 0.3) is 11.0 Å². The minimum absolute atomic E-state index is 0. The molecular formula is C7H13NaO5S. The molecule has 0 aromatic rings. The summed E-state index contributed by atoms with van der Waals surface area (Å²) in [5.74, 6) is -0.559. The Hall–Kier alpha value is 0.120. The van der Waals surface area contributed by atoms with Gasteiger partial charge in [0.05, 0.1) is 0 Å². The van der Waals surface area contributed by atoms with Crippen molar-refractivity contribution in [2.24, 2.45) is 0 Å². The molecule has 1 unspecified atom stereocenters. The van der Waals surface area contributed by atoms with Gasteiger partial charge < -0.3 is 4.74 Å². The zero-order valence-electron chi connectivity index (χ0n) is 7.48. The van der Waals surface area contributed by atoms with Crippen LogP contribution < -0.4 is 0 Å². The molecule has 0 fully saturated rings. The van der Waals surface area contributed by atoms with E-state index in [1.807, 2.05) is 0 Å². The number of hydrogen-bond donors (Lipinski definition) is 1. The topological polar surface area (TPSA) is 69.7 Å². The zero-order valence-corrected chi connectivity index (χ0v) is 8.37. The fourth-order valence-corrected chi connectivity index (χ4v) is 0.848. The summed E-state index contributed by atoms with van der Waals surface area (Å²) in [6, 6.07) is 0. The van der Waals surface area contributed by atoms with E-state index in [4.69, 9.17) is 0 Å². The Balaban J connectivity index is 0. The van der Waals surface area contributed by atoms with Crippen molar-refractivity contribution in [3.8, 4) is 0 Å². The summed E-state index contributed by atoms with van der Waals surface area (Å²) in [7, 11) is -2.90. The third kappa shape index (κ3) is 8.71. The first kappa shape index (κ1) is 16.5. The Morgan fingerprint density at radius 2 is 2.00 bits per heavy atom. The van der Waals surface area contributed by atoms with Gasteiger partial charge in [0.15, 0.2) is 0 Å². The molecule has 0 saturated heterocycles. The van der Waals surface area contributed by atoms with Crippen molar-refractivity contribution >= 4 is 46.5 Å². The Labute approximate surface area is 107 Å². The number of carbonyl (C=O) groups excluding carboxylic acids is 1. The molecule has 0 aromatic carbocycles. The molecule has 0 aliphatic rings. The van der Waals surface area contributed by atoms with E-state index in [9.17, 15) is 13.2 Å². The van der Waals surface area contributed by atoms with Gasteiger partial charge in [-0.1, -0.05) is 6.58 Å². The van der Waals surface area contributed by atoms with E-state index in [1.54, 1.807) is 0 Å². The Morgan fingerprint density at radius 1 is 1.50 bits per heavy atom. The summed E-state index contributed by atoms with van der Waals surface area (Å²) in [4.78, 5) is 10.8. The molecule has 0 heterocycles. The summed E-state index contributed by atoms with van der Waals surface area (Å²) in [6.07, 6.45) is -0.663. The van der Waals surface area contributed by atoms with Crippen LogP contribution >= 0.6 is 0 Å². The second-order valence-electron chi connectivity index (χ2n) is 2.52. The molecule has 78 valence electrons. The molecule has 7 heteroatoms. The van der Waals surface area contributed by atoms with Crippen LogP contribution in [0.1, 0.15) is 13.8 Å². The molecule has 0 rings (SSSR count). The average Bonchev–Trinajstić information content (AvgIpc) is 1.98. The molecule has 5 nitrogen and oxygen atoms in total. The van der Waals surface area contributed by atoms with Crippen molar-refractivity contribution in [3.05, 3.63) is 12.2 Å². The molecule has 1 atom stereocenters. The summed E-state index contributed by atoms with van der Waals surface area (Å²) < 4.78 is 29.1. The van der Waals surface area contributed by atoms with Gasteiger partial charge >= 0.3 is 35.5 Å². The Bertz CT molecular complexity index is 265. The second kappa shape index (κ2) is 8.43. The van der Waals surface area contributed by atoms with Crippen molar-refractivity contribution in [1.29, 1.82) is 0 Å². The van der Waals surface area contributed by atoms with Crippen molar-refractivity contribution in [1.82, 2.24) is 0 Å². The van der Waals surface area contributed by atoms with Crippen LogP contribution in [0.4, 0.5) is 0 Å². The normalized spacial score (nSPS) is 11.6. The van der Waals surface area contributed by atoms with E-state index < -0.39 is 23.1 Å². The number of carbonyl (C=O) groups is 1. The molecule has 0 spiro atoms. The maximum absolute atomic E-state index is 10.8. The first-order chi connectivity index (χ1) is 5.93. The Kier molecular flexibility index (Phi) is 9.96. The summed E-state index contributed by atoms with van der Waals surface area (Å²) >= 11 is 0. The predicted molar refractivity (Wildman–Crippen MR) is 53.8 cm³/mol. The number of esters is 1. The number of ether oxygens (including phenoxy) is 1. The van der Waals surface area contributed by atoms with E-state index in [0.29, 0.717) is 0 Å². The predicted octanol–water partition coefficient (Wildman–Crippen LogP) is -0.611. The molecule has 14 heavy (non-hydrogen) atoms. The van der Waals surface area contributed by atoms with Crippen LogP contribution in [0.15, 0.2) is 12.2 Å². The van der Waals surface area contributed by atoms with Crippen LogP contribution in [-0.2, 0) is 24.7 Å². The molecule has 0 aliphatic heterocycles. The standard InChI is InChI=1S/C7H12O5S.Na.H/c1-5(2)7(8)11-4-6(3)12-13(9)10;;/h6,13H,1,4H2,2-3H3;;. The van der Waals surface area contributed by atoms with Gasteiger partial charge in [-0.25, -0.2) is 13.2 Å². The van der Waals surface area contributed by atoms with Gasteiger partial charge in [0, 0.05) is 5.57 Å². The monoisotopic (exact) mass is 232 g/mol. The molecule has 0 amide bonds. The van der Waals surface area contributed by atoms with Crippen LogP contribution in [-0.4, -0.2) is 56.7 Å². The molecule has 0 saturated carbocycles. The van der Waals surface area contributed by atoms with Crippen molar-refractivity contribution in [2.75, 3.05) is 6.61 Å². The summed E-state index contributed by atoms with van der Waals surface area (Å²) in [6.45, 7) is 6.24. The minimum atomic E-state index is -2.90. The third-order valence-electron chi connectivity index (χ3n) is 1.06. The SMILES string of the molecule is C=C(C)C(=O)OCC(C)O[SH](=O)=O.[NaH]. The van der Waals surface area contributed by atoms with Crippen LogP contribution in [0.25, 0.3) is 0 Å². The van der Waals surface area contributed by atoms with E-state index in [1.165, 1.54) is 13.8 Å². The number of rotatable bonds is 5. The van der Waals surface area contributed by atoms with E-state index in [0.717, 1.165) is 0 Å². The summed E-state index contributed by atoms with van der Waals surface area (Å²) in [5, 5.41) is 0. The van der Waals surface area contributed by atoms with Gasteiger partial charge in [-0.2, -0.15) is 0 Å². The van der Waals surface area contributed by atoms with Crippen LogP contribution in [0.3, 0.4) is 0 Å². The summed E-state index contributed by atoms with van der Waals surface area (Å²) in [5.41, 5.74) is 0.263. The fraction of sp³-hybridized carbons (Fsp3) is 0.571. The van der Waals surface area contributed by atoms with Gasteiger partial charge in [-0.3, -0.25) is 4.18 Å². The van der Waals surface area contributed by atoms with Crippen LogP contribution in [0, 0.1) is 0 Å². The zero-order chi connectivity index (χ0) is 10.4. The molecule has 0 N–H and O–H groups in total. The van der Waals surface area contributed by atoms with Crippen LogP contribution in [0.2, 0.25) is 0 Å². The molecule has 0 aromatic heterocycles. The van der Waals surface area contributed by atoms with Gasteiger partial charge in [0.1, 0.15) is 12.7 Å².